The minimum Gasteiger partial charge on any atom is -0.491 e. The Hall–Kier alpha value is -0.370. The van der Waals surface area contributed by atoms with Gasteiger partial charge in [0.1, 0.15) is 10.1 Å². The summed E-state index contributed by atoms with van der Waals surface area (Å²) in [5.41, 5.74) is 0.910. The van der Waals surface area contributed by atoms with Crippen molar-refractivity contribution in [1.29, 1.82) is 0 Å². The van der Waals surface area contributed by atoms with Crippen LogP contribution in [0.5, 0.6) is 5.75 Å². The summed E-state index contributed by atoms with van der Waals surface area (Å²) in [5.74, 6) is 0.653. The fourth-order valence-electron chi connectivity index (χ4n) is 2.43. The van der Waals surface area contributed by atoms with Crippen molar-refractivity contribution in [2.75, 3.05) is 6.61 Å². The summed E-state index contributed by atoms with van der Waals surface area (Å²) in [4.78, 5) is 12.4. The van der Waals surface area contributed by atoms with Crippen molar-refractivity contribution in [1.82, 2.24) is 5.32 Å². The lowest BCUT2D eigenvalue weighted by Gasteiger charge is -2.11. The van der Waals surface area contributed by atoms with Gasteiger partial charge in [-0.25, -0.2) is 0 Å². The standard InChI is InChI=1S/C18H21Br2NO2S2/c1-2-3-4-5-6-7-8-23-16-13(19)9-12(10-14(16)20)11-15-17(22)21-18(24)25-15/h9-11H,2-8H2,1H3,(H,21,22,24)/b15-11+. The SMILES string of the molecule is CCCCCCCCOc1c(Br)cc(/C=C2/SC(=S)NC2=O)cc1Br. The Balaban J connectivity index is 1.92. The molecule has 1 aliphatic rings. The minimum atomic E-state index is -0.148. The molecular formula is C18H21Br2NO2S2. The Morgan fingerprint density at radius 2 is 1.80 bits per heavy atom. The highest BCUT2D eigenvalue weighted by Crippen LogP contribution is 2.36. The van der Waals surface area contributed by atoms with Gasteiger partial charge in [0.05, 0.1) is 20.5 Å². The van der Waals surface area contributed by atoms with Crippen molar-refractivity contribution < 1.29 is 9.53 Å². The maximum atomic E-state index is 11.8. The van der Waals surface area contributed by atoms with E-state index in [0.29, 0.717) is 15.8 Å². The number of carbonyl (C=O) groups excluding carboxylic acids is 1. The number of rotatable bonds is 9. The van der Waals surface area contributed by atoms with E-state index in [2.05, 4.69) is 44.1 Å². The highest BCUT2D eigenvalue weighted by molar-refractivity contribution is 9.11. The van der Waals surface area contributed by atoms with Crippen molar-refractivity contribution in [3.63, 3.8) is 0 Å². The van der Waals surface area contributed by atoms with Gasteiger partial charge >= 0.3 is 0 Å². The normalized spacial score (nSPS) is 15.7. The molecule has 1 aromatic rings. The van der Waals surface area contributed by atoms with Gasteiger partial charge in [0.25, 0.3) is 5.91 Å². The molecule has 0 saturated carbocycles. The third-order valence-electron chi connectivity index (χ3n) is 3.70. The third-order valence-corrected chi connectivity index (χ3v) is 6.05. The van der Waals surface area contributed by atoms with E-state index in [1.54, 1.807) is 0 Å². The first kappa shape index (κ1) is 20.9. The second-order valence-corrected chi connectivity index (χ2v) is 9.21. The predicted octanol–water partition coefficient (Wildman–Crippen LogP) is 6.44. The maximum Gasteiger partial charge on any atom is 0.263 e. The number of thioether (sulfide) groups is 1. The molecule has 0 bridgehead atoms. The van der Waals surface area contributed by atoms with E-state index >= 15 is 0 Å². The molecule has 0 radical (unpaired) electrons. The molecule has 1 aromatic carbocycles. The highest BCUT2D eigenvalue weighted by Gasteiger charge is 2.22. The zero-order valence-corrected chi connectivity index (χ0v) is 18.9. The lowest BCUT2D eigenvalue weighted by Crippen LogP contribution is -2.17. The lowest BCUT2D eigenvalue weighted by molar-refractivity contribution is -0.115. The van der Waals surface area contributed by atoms with Gasteiger partial charge in [-0.2, -0.15) is 0 Å². The summed E-state index contributed by atoms with van der Waals surface area (Å²) in [6.45, 7) is 2.93. The number of thiocarbonyl (C=S) groups is 1. The van der Waals surface area contributed by atoms with Crippen LogP contribution in [0.1, 0.15) is 51.0 Å². The molecule has 1 N–H and O–H groups in total. The summed E-state index contributed by atoms with van der Waals surface area (Å²) >= 11 is 13.4. The Kier molecular flexibility index (Phi) is 8.96. The van der Waals surface area contributed by atoms with Crippen LogP contribution < -0.4 is 10.1 Å². The third kappa shape index (κ3) is 6.70. The quantitative estimate of drug-likeness (QED) is 0.237. The maximum absolute atomic E-state index is 11.8. The van der Waals surface area contributed by atoms with Gasteiger partial charge < -0.3 is 10.1 Å². The van der Waals surface area contributed by atoms with Crippen molar-refractivity contribution >= 4 is 72.1 Å². The smallest absolute Gasteiger partial charge is 0.263 e. The Morgan fingerprint density at radius 1 is 1.16 bits per heavy atom. The van der Waals surface area contributed by atoms with Crippen LogP contribution in [0.25, 0.3) is 6.08 Å². The van der Waals surface area contributed by atoms with E-state index < -0.39 is 0 Å². The average Bonchev–Trinajstić information content (AvgIpc) is 2.86. The molecule has 25 heavy (non-hydrogen) atoms. The molecule has 1 aliphatic heterocycles. The van der Waals surface area contributed by atoms with Gasteiger partial charge in [-0.1, -0.05) is 63.0 Å². The van der Waals surface area contributed by atoms with Crippen LogP contribution in [0, 0.1) is 0 Å². The summed E-state index contributed by atoms with van der Waals surface area (Å²) < 4.78 is 8.14. The van der Waals surface area contributed by atoms with Crippen LogP contribution in [0.2, 0.25) is 0 Å². The predicted molar refractivity (Wildman–Crippen MR) is 117 cm³/mol. The van der Waals surface area contributed by atoms with Crippen molar-refractivity contribution in [3.8, 4) is 5.75 Å². The number of benzene rings is 1. The van der Waals surface area contributed by atoms with Crippen LogP contribution in [0.15, 0.2) is 26.0 Å². The number of ether oxygens (including phenoxy) is 1. The van der Waals surface area contributed by atoms with E-state index in [1.165, 1.54) is 43.9 Å². The Bertz CT molecular complexity index is 654. The Morgan fingerprint density at radius 3 is 2.40 bits per heavy atom. The fraction of sp³-hybridized carbons (Fsp3) is 0.444. The number of nitrogens with one attached hydrogen (secondary N) is 1. The summed E-state index contributed by atoms with van der Waals surface area (Å²) in [5, 5.41) is 2.62. The van der Waals surface area contributed by atoms with Crippen LogP contribution in [-0.2, 0) is 4.79 Å². The molecule has 0 aromatic heterocycles. The minimum absolute atomic E-state index is 0.148. The second-order valence-electron chi connectivity index (χ2n) is 5.78. The fourth-order valence-corrected chi connectivity index (χ4v) is 4.92. The van der Waals surface area contributed by atoms with Crippen LogP contribution in [0.3, 0.4) is 0 Å². The van der Waals surface area contributed by atoms with Crippen molar-refractivity contribution in [2.24, 2.45) is 0 Å². The molecule has 1 amide bonds. The van der Waals surface area contributed by atoms with Crippen LogP contribution >= 0.6 is 55.8 Å². The average molecular weight is 507 g/mol. The van der Waals surface area contributed by atoms with E-state index in [9.17, 15) is 4.79 Å². The molecule has 2 rings (SSSR count). The molecule has 1 saturated heterocycles. The zero-order valence-electron chi connectivity index (χ0n) is 14.1. The molecule has 0 unspecified atom stereocenters. The molecule has 136 valence electrons. The zero-order chi connectivity index (χ0) is 18.2. The molecule has 1 heterocycles. The van der Waals surface area contributed by atoms with Crippen molar-refractivity contribution in [2.45, 2.75) is 45.4 Å². The first-order valence-corrected chi connectivity index (χ1v) is 11.2. The number of amides is 1. The molecule has 3 nitrogen and oxygen atoms in total. The number of unbranched alkanes of at least 4 members (excludes halogenated alkanes) is 5. The number of hydrogen-bond donors (Lipinski definition) is 1. The summed E-state index contributed by atoms with van der Waals surface area (Å²) in [6, 6.07) is 3.90. The number of halogens is 2. The van der Waals surface area contributed by atoms with Gasteiger partial charge in [0.15, 0.2) is 0 Å². The first-order chi connectivity index (χ1) is 12.0. The monoisotopic (exact) mass is 505 g/mol. The second kappa shape index (κ2) is 10.7. The molecule has 1 fully saturated rings. The van der Waals surface area contributed by atoms with E-state index in [4.69, 9.17) is 17.0 Å². The van der Waals surface area contributed by atoms with E-state index in [0.717, 1.165) is 26.7 Å². The lowest BCUT2D eigenvalue weighted by atomic mass is 10.1. The van der Waals surface area contributed by atoms with Gasteiger partial charge in [0.2, 0.25) is 0 Å². The van der Waals surface area contributed by atoms with E-state index in [-0.39, 0.29) is 5.91 Å². The topological polar surface area (TPSA) is 38.3 Å². The number of carbonyl (C=O) groups is 1. The molecule has 0 atom stereocenters. The van der Waals surface area contributed by atoms with Crippen LogP contribution in [-0.4, -0.2) is 16.8 Å². The van der Waals surface area contributed by atoms with Gasteiger partial charge in [-0.3, -0.25) is 4.79 Å². The Labute approximate surface area is 175 Å². The van der Waals surface area contributed by atoms with Crippen molar-refractivity contribution in [3.05, 3.63) is 31.5 Å². The van der Waals surface area contributed by atoms with Crippen LogP contribution in [0.4, 0.5) is 0 Å². The first-order valence-electron chi connectivity index (χ1n) is 8.38. The summed E-state index contributed by atoms with van der Waals surface area (Å²) in [7, 11) is 0. The number of hydrogen-bond acceptors (Lipinski definition) is 4. The molecule has 7 heteroatoms. The highest BCUT2D eigenvalue weighted by atomic mass is 79.9. The van der Waals surface area contributed by atoms with Gasteiger partial charge in [0, 0.05) is 0 Å². The van der Waals surface area contributed by atoms with E-state index in [1.807, 2.05) is 18.2 Å². The van der Waals surface area contributed by atoms with Gasteiger partial charge in [-0.15, -0.1) is 0 Å². The molecule has 0 spiro atoms. The van der Waals surface area contributed by atoms with Gasteiger partial charge in [-0.05, 0) is 62.1 Å². The summed E-state index contributed by atoms with van der Waals surface area (Å²) in [6.07, 6.45) is 9.25. The largest absolute Gasteiger partial charge is 0.491 e. The molecule has 0 aliphatic carbocycles. The molecular weight excluding hydrogens is 486 g/mol.